The molecule has 0 atom stereocenters. The van der Waals surface area contributed by atoms with Gasteiger partial charge in [0.1, 0.15) is 17.8 Å². The van der Waals surface area contributed by atoms with E-state index in [0.717, 1.165) is 11.8 Å². The lowest BCUT2D eigenvalue weighted by Crippen LogP contribution is -2.13. The molecule has 0 fully saturated rings. The molecule has 2 rings (SSSR count). The summed E-state index contributed by atoms with van der Waals surface area (Å²) in [5.74, 6) is 0. The van der Waals surface area contributed by atoms with Crippen molar-refractivity contribution in [2.75, 3.05) is 12.8 Å². The average molecular weight is 294 g/mol. The molecule has 0 unspecified atom stereocenters. The van der Waals surface area contributed by atoms with E-state index >= 15 is 0 Å². The summed E-state index contributed by atoms with van der Waals surface area (Å²) in [4.78, 5) is 24.9. The lowest BCUT2D eigenvalue weighted by molar-refractivity contribution is -0.105. The lowest BCUT2D eigenvalue weighted by Gasteiger charge is -2.01. The van der Waals surface area contributed by atoms with Gasteiger partial charge in [0, 0.05) is 11.6 Å². The molecule has 19 heavy (non-hydrogen) atoms. The molecule has 98 valence electrons. The van der Waals surface area contributed by atoms with Crippen LogP contribution in [0, 0.1) is 0 Å². The number of oxime groups is 1. The minimum absolute atomic E-state index is 0.117. The first-order chi connectivity index (χ1) is 9.20. The van der Waals surface area contributed by atoms with Crippen LogP contribution < -0.4 is 5.73 Å². The highest BCUT2D eigenvalue weighted by atomic mass is 32.2. The summed E-state index contributed by atoms with van der Waals surface area (Å²) in [5.41, 5.74) is 6.06. The van der Waals surface area contributed by atoms with Gasteiger partial charge in [0.25, 0.3) is 0 Å². The monoisotopic (exact) mass is 294 g/mol. The quantitative estimate of drug-likeness (QED) is 0.525. The molecule has 0 radical (unpaired) electrons. The molecule has 0 amide bonds. The van der Waals surface area contributed by atoms with Gasteiger partial charge in [-0.2, -0.15) is 0 Å². The minimum atomic E-state index is -0.300. The Hall–Kier alpha value is -1.93. The highest BCUT2D eigenvalue weighted by Crippen LogP contribution is 2.20. The summed E-state index contributed by atoms with van der Waals surface area (Å²) >= 11 is 2.19. The molecular weight excluding hydrogens is 284 g/mol. The van der Waals surface area contributed by atoms with Crippen LogP contribution in [0.1, 0.15) is 5.69 Å². The van der Waals surface area contributed by atoms with E-state index in [-0.39, 0.29) is 10.8 Å². The number of nitrogens with zero attached hydrogens (tertiary/aromatic N) is 3. The Morgan fingerprint density at radius 2 is 2.37 bits per heavy atom. The average Bonchev–Trinajstić information content (AvgIpc) is 2.83. The number of anilines is 1. The van der Waals surface area contributed by atoms with Crippen LogP contribution in [0.3, 0.4) is 0 Å². The topological polar surface area (TPSA) is 90.5 Å². The van der Waals surface area contributed by atoms with Crippen LogP contribution in [-0.4, -0.2) is 27.9 Å². The fourth-order valence-electron chi connectivity index (χ4n) is 1.23. The Morgan fingerprint density at radius 3 is 2.95 bits per heavy atom. The van der Waals surface area contributed by atoms with Crippen LogP contribution in [0.15, 0.2) is 40.0 Å². The smallest absolute Gasteiger partial charge is 0.249 e. The summed E-state index contributed by atoms with van der Waals surface area (Å²) in [5, 5.41) is 6.02. The summed E-state index contributed by atoms with van der Waals surface area (Å²) in [7, 11) is 1.37. The maximum atomic E-state index is 12.1. The number of nitrogens with two attached hydrogens (primary N) is 1. The zero-order chi connectivity index (χ0) is 13.7. The lowest BCUT2D eigenvalue weighted by atomic mass is 10.3. The van der Waals surface area contributed by atoms with Crippen molar-refractivity contribution in [3.63, 3.8) is 0 Å². The third kappa shape index (κ3) is 3.52. The van der Waals surface area contributed by atoms with Crippen LogP contribution in [0.5, 0.6) is 0 Å². The molecule has 0 aromatic carbocycles. The molecule has 0 saturated carbocycles. The molecule has 0 spiro atoms. The third-order valence-corrected chi connectivity index (χ3v) is 3.48. The highest BCUT2D eigenvalue weighted by Gasteiger charge is 2.19. The van der Waals surface area contributed by atoms with Crippen molar-refractivity contribution in [2.24, 2.45) is 5.16 Å². The maximum absolute atomic E-state index is 12.1. The summed E-state index contributed by atoms with van der Waals surface area (Å²) in [6.45, 7) is 0. The number of nitrogen functional groups attached to an aromatic ring is 1. The van der Waals surface area contributed by atoms with E-state index in [1.54, 1.807) is 29.8 Å². The number of rotatable bonds is 4. The van der Waals surface area contributed by atoms with E-state index in [1.807, 2.05) is 0 Å². The maximum Gasteiger partial charge on any atom is 0.249 e. The first-order valence-corrected chi connectivity index (χ1v) is 6.86. The second kappa shape index (κ2) is 6.30. The Labute approximate surface area is 117 Å². The SMILES string of the molecule is CO/N=C(/C(=O)Sc1ccccn1)c1csc(N)n1. The van der Waals surface area contributed by atoms with Gasteiger partial charge in [-0.3, -0.25) is 4.79 Å². The number of pyridine rings is 1. The second-order valence-electron chi connectivity index (χ2n) is 3.25. The molecule has 6 nitrogen and oxygen atoms in total. The number of carbonyl (C=O) groups excluding carboxylic acids is 1. The number of carbonyl (C=O) groups is 1. The van der Waals surface area contributed by atoms with E-state index < -0.39 is 0 Å². The number of hydrogen-bond donors (Lipinski definition) is 1. The van der Waals surface area contributed by atoms with E-state index in [1.165, 1.54) is 18.4 Å². The van der Waals surface area contributed by atoms with E-state index in [4.69, 9.17) is 5.73 Å². The molecule has 0 saturated heterocycles. The van der Waals surface area contributed by atoms with Crippen molar-refractivity contribution in [1.29, 1.82) is 0 Å². The molecule has 8 heteroatoms. The van der Waals surface area contributed by atoms with Crippen LogP contribution in [-0.2, 0) is 9.63 Å². The standard InChI is InChI=1S/C11H10N4O2S2/c1-17-15-9(7-6-18-11(12)14-7)10(16)19-8-4-2-3-5-13-8/h2-6H,1H3,(H2,12,14)/b15-9+. The van der Waals surface area contributed by atoms with Gasteiger partial charge in [0.05, 0.1) is 0 Å². The Bertz CT molecular complexity index is 598. The first kappa shape index (κ1) is 13.5. The van der Waals surface area contributed by atoms with Crippen molar-refractivity contribution >= 4 is 39.1 Å². The van der Waals surface area contributed by atoms with Gasteiger partial charge in [-0.15, -0.1) is 11.3 Å². The second-order valence-corrected chi connectivity index (χ2v) is 5.13. The van der Waals surface area contributed by atoms with E-state index in [0.29, 0.717) is 15.9 Å². The summed E-state index contributed by atoms with van der Waals surface area (Å²) < 4.78 is 0. The molecule has 0 aliphatic carbocycles. The Kier molecular flexibility index (Phi) is 4.48. The van der Waals surface area contributed by atoms with Crippen LogP contribution >= 0.6 is 23.1 Å². The van der Waals surface area contributed by atoms with Gasteiger partial charge in [-0.25, -0.2) is 9.97 Å². The van der Waals surface area contributed by atoms with E-state index in [9.17, 15) is 4.79 Å². The van der Waals surface area contributed by atoms with Crippen LogP contribution in [0.25, 0.3) is 0 Å². The molecular formula is C11H10N4O2S2. The van der Waals surface area contributed by atoms with Crippen molar-refractivity contribution in [3.05, 3.63) is 35.5 Å². The predicted molar refractivity (Wildman–Crippen MR) is 75.2 cm³/mol. The Morgan fingerprint density at radius 1 is 1.53 bits per heavy atom. The van der Waals surface area contributed by atoms with Gasteiger partial charge >= 0.3 is 0 Å². The molecule has 2 N–H and O–H groups in total. The fourth-order valence-corrected chi connectivity index (χ4v) is 2.46. The van der Waals surface area contributed by atoms with E-state index in [2.05, 4.69) is 20.0 Å². The highest BCUT2D eigenvalue weighted by molar-refractivity contribution is 8.15. The van der Waals surface area contributed by atoms with Crippen LogP contribution in [0.2, 0.25) is 0 Å². The summed E-state index contributed by atoms with van der Waals surface area (Å²) in [6.07, 6.45) is 1.61. The van der Waals surface area contributed by atoms with Crippen molar-refractivity contribution in [3.8, 4) is 0 Å². The van der Waals surface area contributed by atoms with Crippen molar-refractivity contribution in [1.82, 2.24) is 9.97 Å². The zero-order valence-corrected chi connectivity index (χ0v) is 11.6. The fraction of sp³-hybridized carbons (Fsp3) is 0.0909. The molecule has 0 aliphatic rings. The zero-order valence-electron chi connectivity index (χ0n) is 9.94. The van der Waals surface area contributed by atoms with Crippen molar-refractivity contribution < 1.29 is 9.63 Å². The van der Waals surface area contributed by atoms with Gasteiger partial charge in [0.2, 0.25) is 5.12 Å². The Balaban J connectivity index is 2.21. The first-order valence-electron chi connectivity index (χ1n) is 5.16. The largest absolute Gasteiger partial charge is 0.398 e. The van der Waals surface area contributed by atoms with Crippen LogP contribution in [0.4, 0.5) is 5.13 Å². The molecule has 2 heterocycles. The molecule has 0 aliphatic heterocycles. The van der Waals surface area contributed by atoms with Gasteiger partial charge < -0.3 is 10.6 Å². The van der Waals surface area contributed by atoms with Gasteiger partial charge in [-0.1, -0.05) is 11.2 Å². The molecule has 0 bridgehead atoms. The van der Waals surface area contributed by atoms with Gasteiger partial charge in [-0.05, 0) is 23.9 Å². The number of thioether (sulfide) groups is 1. The summed E-state index contributed by atoms with van der Waals surface area (Å²) in [6, 6.07) is 5.32. The number of hydrogen-bond acceptors (Lipinski definition) is 8. The van der Waals surface area contributed by atoms with Crippen molar-refractivity contribution in [2.45, 2.75) is 5.03 Å². The number of aromatic nitrogens is 2. The predicted octanol–water partition coefficient (Wildman–Crippen LogP) is 1.79. The molecule has 2 aromatic rings. The number of thiazole rings is 1. The van der Waals surface area contributed by atoms with Gasteiger partial charge in [0.15, 0.2) is 10.8 Å². The normalized spacial score (nSPS) is 11.3. The third-order valence-electron chi connectivity index (χ3n) is 1.98. The minimum Gasteiger partial charge on any atom is -0.398 e. The molecule has 2 aromatic heterocycles.